The molecular formula is C25H24O3. The second-order valence-electron chi connectivity index (χ2n) is 6.82. The van der Waals surface area contributed by atoms with Gasteiger partial charge in [-0.3, -0.25) is 9.59 Å². The molecule has 1 unspecified atom stereocenters. The van der Waals surface area contributed by atoms with Crippen LogP contribution in [0.4, 0.5) is 0 Å². The van der Waals surface area contributed by atoms with Crippen molar-refractivity contribution in [3.63, 3.8) is 0 Å². The Kier molecular flexibility index (Phi) is 6.38. The van der Waals surface area contributed by atoms with E-state index in [-0.39, 0.29) is 18.4 Å². The molecule has 0 fully saturated rings. The van der Waals surface area contributed by atoms with Gasteiger partial charge in [0.15, 0.2) is 5.78 Å². The molecule has 0 spiro atoms. The van der Waals surface area contributed by atoms with Crippen molar-refractivity contribution in [3.8, 4) is 0 Å². The highest BCUT2D eigenvalue weighted by molar-refractivity contribution is 6.09. The van der Waals surface area contributed by atoms with Gasteiger partial charge in [0.2, 0.25) is 0 Å². The number of hydrogen-bond donors (Lipinski definition) is 0. The lowest BCUT2D eigenvalue weighted by atomic mass is 9.96. The third kappa shape index (κ3) is 4.74. The molecule has 0 amide bonds. The first kappa shape index (κ1) is 19.6. The van der Waals surface area contributed by atoms with E-state index in [2.05, 4.69) is 6.92 Å². The van der Waals surface area contributed by atoms with Gasteiger partial charge in [-0.15, -0.1) is 0 Å². The average Bonchev–Trinajstić information content (AvgIpc) is 2.77. The molecule has 0 aliphatic rings. The summed E-state index contributed by atoms with van der Waals surface area (Å²) in [5, 5.41) is 0. The number of hydrogen-bond acceptors (Lipinski definition) is 3. The zero-order valence-corrected chi connectivity index (χ0v) is 16.2. The van der Waals surface area contributed by atoms with Crippen LogP contribution in [0.2, 0.25) is 0 Å². The summed E-state index contributed by atoms with van der Waals surface area (Å²) in [7, 11) is 0. The fourth-order valence-corrected chi connectivity index (χ4v) is 2.99. The zero-order chi connectivity index (χ0) is 19.9. The van der Waals surface area contributed by atoms with Crippen LogP contribution in [0.1, 0.15) is 52.4 Å². The fourth-order valence-electron chi connectivity index (χ4n) is 2.99. The Bertz CT molecular complexity index is 943. The van der Waals surface area contributed by atoms with Crippen LogP contribution >= 0.6 is 0 Å². The summed E-state index contributed by atoms with van der Waals surface area (Å²) in [6, 6.07) is 24.4. The van der Waals surface area contributed by atoms with E-state index < -0.39 is 5.92 Å². The summed E-state index contributed by atoms with van der Waals surface area (Å²) in [6.07, 6.45) is 0.981. The standard InChI is InChI=1S/C25H24O3/c1-3-19-12-14-20(15-13-19)17-28-25(27)18(2)22-10-7-11-23(16-22)24(26)21-8-5-4-6-9-21/h4-16,18H,3,17H2,1-2H3. The number of carbonyl (C=O) groups is 2. The van der Waals surface area contributed by atoms with Crippen LogP contribution < -0.4 is 0 Å². The van der Waals surface area contributed by atoms with Gasteiger partial charge in [-0.1, -0.05) is 79.7 Å². The van der Waals surface area contributed by atoms with Gasteiger partial charge in [0, 0.05) is 11.1 Å². The molecule has 0 saturated heterocycles. The minimum Gasteiger partial charge on any atom is -0.460 e. The van der Waals surface area contributed by atoms with Crippen molar-refractivity contribution in [1.82, 2.24) is 0 Å². The van der Waals surface area contributed by atoms with E-state index in [1.807, 2.05) is 48.5 Å². The van der Waals surface area contributed by atoms with Crippen LogP contribution in [0.5, 0.6) is 0 Å². The van der Waals surface area contributed by atoms with E-state index in [4.69, 9.17) is 4.74 Å². The van der Waals surface area contributed by atoms with E-state index in [1.165, 1.54) is 5.56 Å². The molecule has 142 valence electrons. The lowest BCUT2D eigenvalue weighted by Gasteiger charge is -2.13. The van der Waals surface area contributed by atoms with Crippen molar-refractivity contribution in [3.05, 3.63) is 107 Å². The number of ether oxygens (including phenoxy) is 1. The van der Waals surface area contributed by atoms with Crippen LogP contribution in [0.25, 0.3) is 0 Å². The van der Waals surface area contributed by atoms with Crippen molar-refractivity contribution in [2.75, 3.05) is 0 Å². The van der Waals surface area contributed by atoms with Gasteiger partial charge in [-0.2, -0.15) is 0 Å². The molecule has 0 aliphatic carbocycles. The van der Waals surface area contributed by atoms with E-state index in [0.29, 0.717) is 11.1 Å². The lowest BCUT2D eigenvalue weighted by molar-refractivity contribution is -0.146. The summed E-state index contributed by atoms with van der Waals surface area (Å²) in [6.45, 7) is 4.15. The van der Waals surface area contributed by atoms with Gasteiger partial charge < -0.3 is 4.74 Å². The maximum Gasteiger partial charge on any atom is 0.313 e. The second-order valence-corrected chi connectivity index (χ2v) is 6.82. The smallest absolute Gasteiger partial charge is 0.313 e. The monoisotopic (exact) mass is 372 g/mol. The minimum absolute atomic E-state index is 0.0565. The van der Waals surface area contributed by atoms with E-state index in [0.717, 1.165) is 17.5 Å². The Morgan fingerprint density at radius 1 is 0.821 bits per heavy atom. The highest BCUT2D eigenvalue weighted by Gasteiger charge is 2.19. The Labute approximate surface area is 166 Å². The minimum atomic E-state index is -0.446. The molecule has 1 atom stereocenters. The molecule has 0 heterocycles. The summed E-state index contributed by atoms with van der Waals surface area (Å²) >= 11 is 0. The summed E-state index contributed by atoms with van der Waals surface area (Å²) in [5.41, 5.74) is 4.19. The topological polar surface area (TPSA) is 43.4 Å². The van der Waals surface area contributed by atoms with Crippen LogP contribution in [-0.4, -0.2) is 11.8 Å². The van der Waals surface area contributed by atoms with E-state index >= 15 is 0 Å². The molecule has 0 saturated carbocycles. The summed E-state index contributed by atoms with van der Waals surface area (Å²) in [5.74, 6) is -0.804. The van der Waals surface area contributed by atoms with Crippen LogP contribution in [0.3, 0.4) is 0 Å². The molecule has 3 aromatic rings. The molecule has 0 radical (unpaired) electrons. The number of esters is 1. The molecule has 0 N–H and O–H groups in total. The third-order valence-electron chi connectivity index (χ3n) is 4.85. The molecule has 0 aromatic heterocycles. The highest BCUT2D eigenvalue weighted by atomic mass is 16.5. The molecule has 0 aliphatic heterocycles. The SMILES string of the molecule is CCc1ccc(COC(=O)C(C)c2cccc(C(=O)c3ccccc3)c2)cc1. The fraction of sp³-hybridized carbons (Fsp3) is 0.200. The first-order valence-electron chi connectivity index (χ1n) is 9.52. The van der Waals surface area contributed by atoms with Crippen molar-refractivity contribution >= 4 is 11.8 Å². The molecule has 0 bridgehead atoms. The molecule has 28 heavy (non-hydrogen) atoms. The number of aryl methyl sites for hydroxylation is 1. The largest absolute Gasteiger partial charge is 0.460 e. The van der Waals surface area contributed by atoms with Gasteiger partial charge in [0.05, 0.1) is 5.92 Å². The summed E-state index contributed by atoms with van der Waals surface area (Å²) in [4.78, 5) is 25.1. The van der Waals surface area contributed by atoms with Crippen molar-refractivity contribution in [2.45, 2.75) is 32.8 Å². The molecule has 3 aromatic carbocycles. The summed E-state index contributed by atoms with van der Waals surface area (Å²) < 4.78 is 5.48. The average molecular weight is 372 g/mol. The van der Waals surface area contributed by atoms with Crippen molar-refractivity contribution in [1.29, 1.82) is 0 Å². The molecule has 3 nitrogen and oxygen atoms in total. The Morgan fingerprint density at radius 3 is 2.14 bits per heavy atom. The van der Waals surface area contributed by atoms with Gasteiger partial charge in [-0.25, -0.2) is 0 Å². The van der Waals surface area contributed by atoms with Crippen molar-refractivity contribution < 1.29 is 14.3 Å². The first-order chi connectivity index (χ1) is 13.6. The van der Waals surface area contributed by atoms with E-state index in [9.17, 15) is 9.59 Å². The van der Waals surface area contributed by atoms with Crippen LogP contribution in [0, 0.1) is 0 Å². The lowest BCUT2D eigenvalue weighted by Crippen LogP contribution is -2.14. The van der Waals surface area contributed by atoms with Gasteiger partial charge in [0.1, 0.15) is 6.61 Å². The molecular weight excluding hydrogens is 348 g/mol. The Balaban J connectivity index is 1.67. The first-order valence-corrected chi connectivity index (χ1v) is 9.52. The highest BCUT2D eigenvalue weighted by Crippen LogP contribution is 2.21. The zero-order valence-electron chi connectivity index (χ0n) is 16.2. The number of rotatable bonds is 7. The number of ketones is 1. The van der Waals surface area contributed by atoms with Crippen molar-refractivity contribution in [2.24, 2.45) is 0 Å². The Hall–Kier alpha value is -3.20. The number of carbonyl (C=O) groups excluding carboxylic acids is 2. The third-order valence-corrected chi connectivity index (χ3v) is 4.85. The van der Waals surface area contributed by atoms with E-state index in [1.54, 1.807) is 37.3 Å². The van der Waals surface area contributed by atoms with Gasteiger partial charge in [-0.05, 0) is 36.1 Å². The molecule has 3 heteroatoms. The maximum absolute atomic E-state index is 12.6. The normalized spacial score (nSPS) is 11.6. The maximum atomic E-state index is 12.6. The number of benzene rings is 3. The predicted octanol–water partition coefficient (Wildman–Crippen LogP) is 5.33. The predicted molar refractivity (Wildman–Crippen MR) is 110 cm³/mol. The Morgan fingerprint density at radius 2 is 1.46 bits per heavy atom. The molecule has 3 rings (SSSR count). The van der Waals surface area contributed by atoms with Gasteiger partial charge >= 0.3 is 5.97 Å². The quantitative estimate of drug-likeness (QED) is 0.416. The van der Waals surface area contributed by atoms with Gasteiger partial charge in [0.25, 0.3) is 0 Å². The van der Waals surface area contributed by atoms with Crippen LogP contribution in [-0.2, 0) is 22.6 Å². The second kappa shape index (κ2) is 9.14. The van der Waals surface area contributed by atoms with Crippen LogP contribution in [0.15, 0.2) is 78.9 Å².